The van der Waals surface area contributed by atoms with Gasteiger partial charge in [-0.25, -0.2) is 0 Å². The Morgan fingerprint density at radius 3 is 2.17 bits per heavy atom. The van der Waals surface area contributed by atoms with Crippen molar-refractivity contribution >= 4 is 10.8 Å². The minimum absolute atomic E-state index is 0.711. The number of aromatic nitrogens is 1. The SMILES string of the molecule is COc1ccc(Cc2cncc3cc(OC)c(OC)cc23)cc1. The van der Waals surface area contributed by atoms with E-state index in [1.54, 1.807) is 21.3 Å². The van der Waals surface area contributed by atoms with Crippen molar-refractivity contribution in [1.82, 2.24) is 4.98 Å². The Morgan fingerprint density at radius 1 is 0.826 bits per heavy atom. The Balaban J connectivity index is 2.02. The zero-order chi connectivity index (χ0) is 16.2. The molecule has 118 valence electrons. The molecule has 0 radical (unpaired) electrons. The molecule has 0 aliphatic rings. The lowest BCUT2D eigenvalue weighted by molar-refractivity contribution is 0.356. The normalized spacial score (nSPS) is 10.6. The van der Waals surface area contributed by atoms with Crippen molar-refractivity contribution in [2.75, 3.05) is 21.3 Å². The van der Waals surface area contributed by atoms with Gasteiger partial charge >= 0.3 is 0 Å². The van der Waals surface area contributed by atoms with Crippen LogP contribution in [-0.4, -0.2) is 26.3 Å². The lowest BCUT2D eigenvalue weighted by Gasteiger charge is -2.12. The Hall–Kier alpha value is -2.75. The lowest BCUT2D eigenvalue weighted by atomic mass is 10.0. The number of nitrogens with zero attached hydrogens (tertiary/aromatic N) is 1. The van der Waals surface area contributed by atoms with E-state index in [1.165, 1.54) is 5.56 Å². The Labute approximate surface area is 135 Å². The van der Waals surface area contributed by atoms with Gasteiger partial charge in [-0.2, -0.15) is 0 Å². The average Bonchev–Trinajstić information content (AvgIpc) is 2.61. The molecule has 3 rings (SSSR count). The van der Waals surface area contributed by atoms with Crippen LogP contribution in [0.3, 0.4) is 0 Å². The quantitative estimate of drug-likeness (QED) is 0.718. The van der Waals surface area contributed by atoms with Crippen LogP contribution in [0.25, 0.3) is 10.8 Å². The number of methoxy groups -OCH3 is 3. The molecule has 0 aliphatic heterocycles. The summed E-state index contributed by atoms with van der Waals surface area (Å²) in [5.41, 5.74) is 2.35. The first-order valence-electron chi connectivity index (χ1n) is 7.36. The van der Waals surface area contributed by atoms with Gasteiger partial charge < -0.3 is 14.2 Å². The maximum absolute atomic E-state index is 5.42. The molecule has 0 amide bonds. The van der Waals surface area contributed by atoms with Gasteiger partial charge in [0.15, 0.2) is 11.5 Å². The van der Waals surface area contributed by atoms with Crippen LogP contribution in [-0.2, 0) is 6.42 Å². The van der Waals surface area contributed by atoms with E-state index < -0.39 is 0 Å². The van der Waals surface area contributed by atoms with Crippen LogP contribution in [0.1, 0.15) is 11.1 Å². The Bertz CT molecular complexity index is 813. The van der Waals surface area contributed by atoms with Crippen LogP contribution in [0.15, 0.2) is 48.8 Å². The van der Waals surface area contributed by atoms with Gasteiger partial charge in [-0.15, -0.1) is 0 Å². The zero-order valence-corrected chi connectivity index (χ0v) is 13.5. The number of hydrogen-bond acceptors (Lipinski definition) is 4. The van der Waals surface area contributed by atoms with Crippen LogP contribution in [0.4, 0.5) is 0 Å². The monoisotopic (exact) mass is 309 g/mol. The van der Waals surface area contributed by atoms with Gasteiger partial charge in [0, 0.05) is 17.8 Å². The predicted molar refractivity (Wildman–Crippen MR) is 90.6 cm³/mol. The maximum Gasteiger partial charge on any atom is 0.161 e. The first-order valence-corrected chi connectivity index (χ1v) is 7.36. The highest BCUT2D eigenvalue weighted by atomic mass is 16.5. The molecular formula is C19H19NO3. The van der Waals surface area contributed by atoms with Crippen molar-refractivity contribution in [2.45, 2.75) is 6.42 Å². The second-order valence-electron chi connectivity index (χ2n) is 5.25. The van der Waals surface area contributed by atoms with Crippen molar-refractivity contribution in [3.8, 4) is 17.2 Å². The van der Waals surface area contributed by atoms with Gasteiger partial charge in [0.1, 0.15) is 5.75 Å². The molecule has 0 fully saturated rings. The van der Waals surface area contributed by atoms with Crippen molar-refractivity contribution in [2.24, 2.45) is 0 Å². The summed E-state index contributed by atoms with van der Waals surface area (Å²) in [7, 11) is 4.95. The summed E-state index contributed by atoms with van der Waals surface area (Å²) in [4.78, 5) is 4.35. The highest BCUT2D eigenvalue weighted by molar-refractivity contribution is 5.88. The van der Waals surface area contributed by atoms with E-state index in [2.05, 4.69) is 17.1 Å². The van der Waals surface area contributed by atoms with Crippen LogP contribution < -0.4 is 14.2 Å². The van der Waals surface area contributed by atoms with Crippen molar-refractivity contribution in [3.05, 3.63) is 59.9 Å². The summed E-state index contributed by atoms with van der Waals surface area (Å²) in [5.74, 6) is 2.29. The number of hydrogen-bond donors (Lipinski definition) is 0. The summed E-state index contributed by atoms with van der Waals surface area (Å²) >= 11 is 0. The third-order valence-corrected chi connectivity index (χ3v) is 3.90. The summed E-state index contributed by atoms with van der Waals surface area (Å²) in [6, 6.07) is 12.0. The molecule has 0 atom stereocenters. The van der Waals surface area contributed by atoms with Gasteiger partial charge in [-0.1, -0.05) is 12.1 Å². The van der Waals surface area contributed by atoms with Crippen molar-refractivity contribution in [3.63, 3.8) is 0 Å². The fraction of sp³-hybridized carbons (Fsp3) is 0.211. The minimum atomic E-state index is 0.711. The van der Waals surface area contributed by atoms with Crippen molar-refractivity contribution in [1.29, 1.82) is 0 Å². The van der Waals surface area contributed by atoms with Gasteiger partial charge in [0.2, 0.25) is 0 Å². The molecule has 4 nitrogen and oxygen atoms in total. The summed E-state index contributed by atoms with van der Waals surface area (Å²) in [5, 5.41) is 2.15. The maximum atomic E-state index is 5.42. The van der Waals surface area contributed by atoms with Gasteiger partial charge in [0.05, 0.1) is 21.3 Å². The van der Waals surface area contributed by atoms with Crippen LogP contribution in [0.2, 0.25) is 0 Å². The molecule has 4 heteroatoms. The van der Waals surface area contributed by atoms with Crippen LogP contribution in [0, 0.1) is 0 Å². The van der Waals surface area contributed by atoms with Crippen molar-refractivity contribution < 1.29 is 14.2 Å². The highest BCUT2D eigenvalue weighted by Gasteiger charge is 2.10. The Morgan fingerprint density at radius 2 is 1.52 bits per heavy atom. The molecule has 0 saturated heterocycles. The van der Waals surface area contributed by atoms with Crippen LogP contribution in [0.5, 0.6) is 17.2 Å². The van der Waals surface area contributed by atoms with E-state index in [-0.39, 0.29) is 0 Å². The number of benzene rings is 2. The smallest absolute Gasteiger partial charge is 0.161 e. The average molecular weight is 309 g/mol. The van der Waals surface area contributed by atoms with Gasteiger partial charge in [-0.05, 0) is 47.2 Å². The van der Waals surface area contributed by atoms with E-state index in [9.17, 15) is 0 Å². The first-order chi connectivity index (χ1) is 11.2. The van der Waals surface area contributed by atoms with Gasteiger partial charge in [0.25, 0.3) is 0 Å². The first kappa shape index (κ1) is 15.2. The second kappa shape index (κ2) is 6.57. The largest absolute Gasteiger partial charge is 0.497 e. The second-order valence-corrected chi connectivity index (χ2v) is 5.25. The zero-order valence-electron chi connectivity index (χ0n) is 13.5. The third kappa shape index (κ3) is 3.06. The van der Waals surface area contributed by atoms with E-state index >= 15 is 0 Å². The van der Waals surface area contributed by atoms with E-state index in [0.29, 0.717) is 5.75 Å². The molecule has 1 aromatic heterocycles. The Kier molecular flexibility index (Phi) is 4.33. The molecular weight excluding hydrogens is 290 g/mol. The molecule has 0 spiro atoms. The molecule has 23 heavy (non-hydrogen) atoms. The predicted octanol–water partition coefficient (Wildman–Crippen LogP) is 3.85. The fourth-order valence-corrected chi connectivity index (χ4v) is 2.66. The standard InChI is InChI=1S/C19H19NO3/c1-21-16-6-4-13(5-7-16)8-14-11-20-12-15-9-18(22-2)19(23-3)10-17(14)15/h4-7,9-12H,8H2,1-3H3. The number of pyridine rings is 1. The molecule has 3 aromatic rings. The van der Waals surface area contributed by atoms with Gasteiger partial charge in [-0.3, -0.25) is 4.98 Å². The molecule has 2 aromatic carbocycles. The number of ether oxygens (including phenoxy) is 3. The highest BCUT2D eigenvalue weighted by Crippen LogP contribution is 2.33. The minimum Gasteiger partial charge on any atom is -0.497 e. The topological polar surface area (TPSA) is 40.6 Å². The summed E-state index contributed by atoms with van der Waals surface area (Å²) in [6.45, 7) is 0. The molecule has 1 heterocycles. The van der Waals surface area contributed by atoms with E-state index in [1.807, 2.05) is 36.7 Å². The van der Waals surface area contributed by atoms with E-state index in [4.69, 9.17) is 14.2 Å². The number of fused-ring (bicyclic) bond motifs is 1. The third-order valence-electron chi connectivity index (χ3n) is 3.90. The molecule has 0 bridgehead atoms. The lowest BCUT2D eigenvalue weighted by Crippen LogP contribution is -1.95. The molecule has 0 N–H and O–H groups in total. The summed E-state index contributed by atoms with van der Waals surface area (Å²) in [6.07, 6.45) is 4.54. The van der Waals surface area contributed by atoms with E-state index in [0.717, 1.165) is 34.3 Å². The van der Waals surface area contributed by atoms with Crippen LogP contribution >= 0.6 is 0 Å². The molecule has 0 saturated carbocycles. The number of rotatable bonds is 5. The molecule has 0 unspecified atom stereocenters. The fourth-order valence-electron chi connectivity index (χ4n) is 2.66. The molecule has 0 aliphatic carbocycles. The summed E-state index contributed by atoms with van der Waals surface area (Å²) < 4.78 is 16.0.